The number of halogens is 1. The van der Waals surface area contributed by atoms with Crippen molar-refractivity contribution in [2.45, 2.75) is 32.5 Å². The van der Waals surface area contributed by atoms with Gasteiger partial charge in [0.1, 0.15) is 11.6 Å². The Balaban J connectivity index is 1.56. The summed E-state index contributed by atoms with van der Waals surface area (Å²) in [6, 6.07) is 6.52. The van der Waals surface area contributed by atoms with E-state index in [2.05, 4.69) is 10.3 Å². The normalized spacial score (nSPS) is 18.0. The molecule has 3 rings (SSSR count). The molecule has 1 aliphatic rings. The Kier molecular flexibility index (Phi) is 4.43. The molecule has 2 heterocycles. The van der Waals surface area contributed by atoms with Crippen LogP contribution in [0.5, 0.6) is 0 Å². The van der Waals surface area contributed by atoms with E-state index in [4.69, 9.17) is 0 Å². The summed E-state index contributed by atoms with van der Waals surface area (Å²) in [6.07, 6.45) is 2.33. The van der Waals surface area contributed by atoms with Crippen LogP contribution < -0.4 is 5.32 Å². The number of likely N-dealkylation sites (tertiary alicyclic amines) is 1. The first-order valence-corrected chi connectivity index (χ1v) is 7.75. The number of hydrogen-bond donors (Lipinski definition) is 1. The summed E-state index contributed by atoms with van der Waals surface area (Å²) in [5.41, 5.74) is 1.92. The number of imidazole rings is 1. The molecule has 1 fully saturated rings. The highest BCUT2D eigenvalue weighted by Gasteiger charge is 2.29. The van der Waals surface area contributed by atoms with E-state index in [-0.39, 0.29) is 17.8 Å². The molecule has 122 valence electrons. The largest absolute Gasteiger partial charge is 0.337 e. The molecule has 5 nitrogen and oxygen atoms in total. The molecule has 1 saturated heterocycles. The zero-order valence-corrected chi connectivity index (χ0v) is 13.4. The van der Waals surface area contributed by atoms with Crippen LogP contribution in [0.3, 0.4) is 0 Å². The molecule has 0 aliphatic carbocycles. The van der Waals surface area contributed by atoms with Crippen molar-refractivity contribution in [1.82, 2.24) is 19.8 Å². The van der Waals surface area contributed by atoms with Gasteiger partial charge in [-0.1, -0.05) is 12.1 Å². The Morgan fingerprint density at radius 1 is 1.43 bits per heavy atom. The maximum Gasteiger partial charge on any atom is 0.224 e. The van der Waals surface area contributed by atoms with Crippen LogP contribution in [0.25, 0.3) is 0 Å². The minimum atomic E-state index is -0.268. The zero-order valence-electron chi connectivity index (χ0n) is 13.4. The quantitative estimate of drug-likeness (QED) is 0.914. The van der Waals surface area contributed by atoms with Gasteiger partial charge < -0.3 is 14.8 Å². The smallest absolute Gasteiger partial charge is 0.224 e. The number of aryl methyl sites for hydroxylation is 1. The first-order valence-electron chi connectivity index (χ1n) is 7.75. The number of rotatable bonds is 5. The van der Waals surface area contributed by atoms with Gasteiger partial charge in [-0.2, -0.15) is 0 Å². The number of aromatic nitrogens is 2. The van der Waals surface area contributed by atoms with Crippen molar-refractivity contribution < 1.29 is 9.18 Å². The van der Waals surface area contributed by atoms with E-state index in [1.54, 1.807) is 11.0 Å². The number of carbonyl (C=O) groups excluding carboxylic acids is 1. The SMILES string of the molecule is Cc1ncc(CNC2CC(=O)N(Cc3cccc(F)c3)C2)n1C. The second-order valence-corrected chi connectivity index (χ2v) is 6.04. The lowest BCUT2D eigenvalue weighted by Crippen LogP contribution is -2.32. The second kappa shape index (κ2) is 6.50. The van der Waals surface area contributed by atoms with Gasteiger partial charge in [0.2, 0.25) is 5.91 Å². The predicted molar refractivity (Wildman–Crippen MR) is 85.0 cm³/mol. The lowest BCUT2D eigenvalue weighted by Gasteiger charge is -2.17. The number of nitrogens with zero attached hydrogens (tertiary/aromatic N) is 3. The van der Waals surface area contributed by atoms with Gasteiger partial charge in [-0.3, -0.25) is 4.79 Å². The highest BCUT2D eigenvalue weighted by molar-refractivity contribution is 5.79. The summed E-state index contributed by atoms with van der Waals surface area (Å²) in [6.45, 7) is 3.75. The van der Waals surface area contributed by atoms with Crippen LogP contribution in [0.2, 0.25) is 0 Å². The number of benzene rings is 1. The molecular formula is C17H21FN4O. The van der Waals surface area contributed by atoms with E-state index in [1.807, 2.05) is 30.8 Å². The monoisotopic (exact) mass is 316 g/mol. The van der Waals surface area contributed by atoms with Gasteiger partial charge >= 0.3 is 0 Å². The molecule has 1 aromatic carbocycles. The van der Waals surface area contributed by atoms with E-state index in [1.165, 1.54) is 12.1 Å². The van der Waals surface area contributed by atoms with Crippen LogP contribution in [-0.4, -0.2) is 32.9 Å². The third kappa shape index (κ3) is 3.59. The van der Waals surface area contributed by atoms with E-state index >= 15 is 0 Å². The lowest BCUT2D eigenvalue weighted by atomic mass is 10.2. The summed E-state index contributed by atoms with van der Waals surface area (Å²) >= 11 is 0. The third-order valence-corrected chi connectivity index (χ3v) is 4.37. The highest BCUT2D eigenvalue weighted by atomic mass is 19.1. The zero-order chi connectivity index (χ0) is 16.4. The predicted octanol–water partition coefficient (Wildman–Crippen LogP) is 1.76. The van der Waals surface area contributed by atoms with Gasteiger partial charge in [0.05, 0.1) is 5.69 Å². The van der Waals surface area contributed by atoms with Crippen molar-refractivity contribution in [3.05, 3.63) is 53.4 Å². The molecule has 1 aliphatic heterocycles. The molecule has 0 bridgehead atoms. The van der Waals surface area contributed by atoms with Crippen molar-refractivity contribution >= 4 is 5.91 Å². The molecule has 1 atom stereocenters. The number of carbonyl (C=O) groups is 1. The number of hydrogen-bond acceptors (Lipinski definition) is 3. The van der Waals surface area contributed by atoms with Crippen LogP contribution >= 0.6 is 0 Å². The van der Waals surface area contributed by atoms with Crippen LogP contribution in [0.1, 0.15) is 23.5 Å². The van der Waals surface area contributed by atoms with Gasteiger partial charge in [-0.15, -0.1) is 0 Å². The highest BCUT2D eigenvalue weighted by Crippen LogP contribution is 2.16. The summed E-state index contributed by atoms with van der Waals surface area (Å²) in [7, 11) is 1.98. The minimum absolute atomic E-state index is 0.105. The van der Waals surface area contributed by atoms with Gasteiger partial charge in [0, 0.05) is 45.3 Å². The van der Waals surface area contributed by atoms with Crippen molar-refractivity contribution in [3.8, 4) is 0 Å². The molecule has 1 N–H and O–H groups in total. The minimum Gasteiger partial charge on any atom is -0.337 e. The van der Waals surface area contributed by atoms with E-state index in [9.17, 15) is 9.18 Å². The molecule has 0 saturated carbocycles. The molecule has 2 aromatic rings. The molecule has 0 radical (unpaired) electrons. The second-order valence-electron chi connectivity index (χ2n) is 6.04. The summed E-state index contributed by atoms with van der Waals surface area (Å²) in [5.74, 6) is 0.806. The Bertz CT molecular complexity index is 712. The molecule has 1 amide bonds. The summed E-state index contributed by atoms with van der Waals surface area (Å²) in [5, 5.41) is 3.41. The van der Waals surface area contributed by atoms with Crippen LogP contribution in [0, 0.1) is 12.7 Å². The summed E-state index contributed by atoms with van der Waals surface area (Å²) in [4.78, 5) is 18.2. The van der Waals surface area contributed by atoms with Gasteiger partial charge in [-0.25, -0.2) is 9.37 Å². The molecule has 0 spiro atoms. The van der Waals surface area contributed by atoms with Gasteiger partial charge in [-0.05, 0) is 24.6 Å². The van der Waals surface area contributed by atoms with Crippen LogP contribution in [0.15, 0.2) is 30.5 Å². The Labute approximate surface area is 135 Å². The maximum absolute atomic E-state index is 13.2. The van der Waals surface area contributed by atoms with Crippen LogP contribution in [0.4, 0.5) is 4.39 Å². The average molecular weight is 316 g/mol. The van der Waals surface area contributed by atoms with E-state index < -0.39 is 0 Å². The topological polar surface area (TPSA) is 50.2 Å². The first-order chi connectivity index (χ1) is 11.0. The average Bonchev–Trinajstić information content (AvgIpc) is 3.01. The van der Waals surface area contributed by atoms with Gasteiger partial charge in [0.25, 0.3) is 0 Å². The van der Waals surface area contributed by atoms with Crippen molar-refractivity contribution in [2.75, 3.05) is 6.54 Å². The fourth-order valence-electron chi connectivity index (χ4n) is 2.88. The Morgan fingerprint density at radius 2 is 2.26 bits per heavy atom. The number of amides is 1. The van der Waals surface area contributed by atoms with Crippen LogP contribution in [-0.2, 0) is 24.9 Å². The number of nitrogens with one attached hydrogen (secondary N) is 1. The Hall–Kier alpha value is -2.21. The molecule has 23 heavy (non-hydrogen) atoms. The third-order valence-electron chi connectivity index (χ3n) is 4.37. The van der Waals surface area contributed by atoms with Crippen molar-refractivity contribution in [3.63, 3.8) is 0 Å². The molecule has 1 unspecified atom stereocenters. The summed E-state index contributed by atoms with van der Waals surface area (Å²) < 4.78 is 15.3. The van der Waals surface area contributed by atoms with E-state index in [0.717, 1.165) is 17.1 Å². The fraction of sp³-hybridized carbons (Fsp3) is 0.412. The van der Waals surface area contributed by atoms with Crippen molar-refractivity contribution in [2.24, 2.45) is 7.05 Å². The fourth-order valence-corrected chi connectivity index (χ4v) is 2.88. The molecule has 1 aromatic heterocycles. The molecule has 6 heteroatoms. The Morgan fingerprint density at radius 3 is 2.96 bits per heavy atom. The standard InChI is InChI=1S/C17H21FN4O/c1-12-19-8-16(21(12)2)9-20-15-7-17(23)22(11-15)10-13-4-3-5-14(18)6-13/h3-6,8,15,20H,7,9-11H2,1-2H3. The lowest BCUT2D eigenvalue weighted by molar-refractivity contribution is -0.128. The van der Waals surface area contributed by atoms with E-state index in [0.29, 0.717) is 26.1 Å². The molecular weight excluding hydrogens is 295 g/mol. The maximum atomic E-state index is 13.2. The van der Waals surface area contributed by atoms with Gasteiger partial charge in [0.15, 0.2) is 0 Å². The van der Waals surface area contributed by atoms with Crippen molar-refractivity contribution in [1.29, 1.82) is 0 Å². The first kappa shape index (κ1) is 15.7.